The van der Waals surface area contributed by atoms with Gasteiger partial charge in [-0.1, -0.05) is 35.1 Å². The van der Waals surface area contributed by atoms with Gasteiger partial charge in [-0.25, -0.2) is 4.68 Å². The molecule has 128 valence electrons. The average molecular weight is 356 g/mol. The van der Waals surface area contributed by atoms with Gasteiger partial charge in [0.15, 0.2) is 0 Å². The van der Waals surface area contributed by atoms with Gasteiger partial charge in [0, 0.05) is 12.3 Å². The van der Waals surface area contributed by atoms with Gasteiger partial charge in [-0.05, 0) is 25.0 Å². The van der Waals surface area contributed by atoms with Crippen LogP contribution < -0.4 is 10.9 Å². The first-order valence-corrected chi connectivity index (χ1v) is 8.98. The number of anilines is 1. The van der Waals surface area contributed by atoms with Crippen molar-refractivity contribution >= 4 is 33.3 Å². The molecular formula is C16H16N6O2S. The third kappa shape index (κ3) is 3.27. The van der Waals surface area contributed by atoms with E-state index in [4.69, 9.17) is 0 Å². The maximum Gasteiger partial charge on any atom is 0.277 e. The van der Waals surface area contributed by atoms with E-state index in [1.165, 1.54) is 22.4 Å². The van der Waals surface area contributed by atoms with Crippen LogP contribution in [0.4, 0.5) is 5.13 Å². The lowest BCUT2D eigenvalue weighted by Gasteiger charge is -2.21. The minimum atomic E-state index is -0.249. The zero-order chi connectivity index (χ0) is 17.2. The van der Waals surface area contributed by atoms with Crippen molar-refractivity contribution in [3.8, 4) is 0 Å². The number of fused-ring (bicyclic) bond motifs is 1. The third-order valence-corrected chi connectivity index (χ3v) is 5.32. The molecule has 2 aromatic heterocycles. The molecule has 3 aromatic rings. The predicted octanol–water partition coefficient (Wildman–Crippen LogP) is 1.94. The summed E-state index contributed by atoms with van der Waals surface area (Å²) >= 11 is 1.42. The van der Waals surface area contributed by atoms with Crippen molar-refractivity contribution in [1.82, 2.24) is 25.2 Å². The molecule has 0 unspecified atom stereocenters. The van der Waals surface area contributed by atoms with Gasteiger partial charge in [0.1, 0.15) is 10.5 Å². The molecule has 8 nitrogen and oxygen atoms in total. The molecule has 0 aliphatic heterocycles. The molecule has 1 aliphatic carbocycles. The Morgan fingerprint density at radius 3 is 2.88 bits per heavy atom. The first-order valence-electron chi connectivity index (χ1n) is 8.16. The molecule has 1 aromatic carbocycles. The summed E-state index contributed by atoms with van der Waals surface area (Å²) in [5.74, 6) is 0.271. The SMILES string of the molecule is O=C(CCn1nnc2ccccc2c1=O)Nc1nnc(C2CCC2)s1. The summed E-state index contributed by atoms with van der Waals surface area (Å²) in [7, 11) is 0. The molecule has 9 heteroatoms. The number of nitrogens with zero attached hydrogens (tertiary/aromatic N) is 5. The summed E-state index contributed by atoms with van der Waals surface area (Å²) in [4.78, 5) is 24.4. The highest BCUT2D eigenvalue weighted by Gasteiger charge is 2.23. The van der Waals surface area contributed by atoms with E-state index >= 15 is 0 Å². The number of aryl methyl sites for hydroxylation is 1. The van der Waals surface area contributed by atoms with Crippen LogP contribution in [0.15, 0.2) is 29.1 Å². The molecule has 0 saturated heterocycles. The Hall–Kier alpha value is -2.68. The van der Waals surface area contributed by atoms with E-state index in [0.29, 0.717) is 22.0 Å². The largest absolute Gasteiger partial charge is 0.300 e. The Bertz CT molecular complexity index is 978. The number of hydrogen-bond acceptors (Lipinski definition) is 7. The van der Waals surface area contributed by atoms with E-state index in [1.54, 1.807) is 24.3 Å². The summed E-state index contributed by atoms with van der Waals surface area (Å²) in [6, 6.07) is 7.01. The summed E-state index contributed by atoms with van der Waals surface area (Å²) in [6.07, 6.45) is 3.64. The Balaban J connectivity index is 1.39. The topological polar surface area (TPSA) is 103 Å². The van der Waals surface area contributed by atoms with Crippen LogP contribution in [-0.4, -0.2) is 31.1 Å². The molecule has 1 fully saturated rings. The number of hydrogen-bond donors (Lipinski definition) is 1. The van der Waals surface area contributed by atoms with E-state index in [1.807, 2.05) is 0 Å². The second-order valence-electron chi connectivity index (χ2n) is 6.01. The highest BCUT2D eigenvalue weighted by atomic mass is 32.1. The van der Waals surface area contributed by atoms with Gasteiger partial charge >= 0.3 is 0 Å². The van der Waals surface area contributed by atoms with Gasteiger partial charge in [-0.2, -0.15) is 0 Å². The Morgan fingerprint density at radius 1 is 1.24 bits per heavy atom. The summed E-state index contributed by atoms with van der Waals surface area (Å²) in [5.41, 5.74) is 0.298. The van der Waals surface area contributed by atoms with Gasteiger partial charge in [0.25, 0.3) is 5.56 Å². The lowest BCUT2D eigenvalue weighted by molar-refractivity contribution is -0.116. The van der Waals surface area contributed by atoms with Crippen molar-refractivity contribution in [3.63, 3.8) is 0 Å². The van der Waals surface area contributed by atoms with Crippen molar-refractivity contribution in [2.24, 2.45) is 0 Å². The van der Waals surface area contributed by atoms with Gasteiger partial charge in [-0.15, -0.1) is 15.3 Å². The number of carbonyl (C=O) groups is 1. The van der Waals surface area contributed by atoms with Crippen LogP contribution in [-0.2, 0) is 11.3 Å². The molecule has 1 aliphatic rings. The fourth-order valence-corrected chi connectivity index (χ4v) is 3.59. The standard InChI is InChI=1S/C16H16N6O2S/c23-13(17-16-20-19-14(25-16)10-4-3-5-10)8-9-22-15(24)11-6-1-2-7-12(11)18-21-22/h1-2,6-7,10H,3-5,8-9H2,(H,17,20,23). The molecule has 25 heavy (non-hydrogen) atoms. The Labute approximate surface area is 146 Å². The van der Waals surface area contributed by atoms with E-state index in [0.717, 1.165) is 17.8 Å². The minimum Gasteiger partial charge on any atom is -0.300 e. The van der Waals surface area contributed by atoms with Crippen LogP contribution in [0.1, 0.15) is 36.6 Å². The van der Waals surface area contributed by atoms with Crippen LogP contribution in [0.3, 0.4) is 0 Å². The van der Waals surface area contributed by atoms with Crippen molar-refractivity contribution < 1.29 is 4.79 Å². The van der Waals surface area contributed by atoms with Gasteiger partial charge in [-0.3, -0.25) is 9.59 Å². The Kier molecular flexibility index (Phi) is 4.22. The molecule has 4 rings (SSSR count). The molecule has 2 heterocycles. The highest BCUT2D eigenvalue weighted by Crippen LogP contribution is 2.38. The summed E-state index contributed by atoms with van der Waals surface area (Å²) in [6.45, 7) is 0.163. The van der Waals surface area contributed by atoms with Crippen molar-refractivity contribution in [2.45, 2.75) is 38.1 Å². The van der Waals surface area contributed by atoms with Gasteiger partial charge < -0.3 is 5.32 Å². The molecule has 0 spiro atoms. The van der Waals surface area contributed by atoms with Crippen LogP contribution in [0.5, 0.6) is 0 Å². The zero-order valence-electron chi connectivity index (χ0n) is 13.4. The normalized spacial score (nSPS) is 14.4. The van der Waals surface area contributed by atoms with E-state index in [-0.39, 0.29) is 24.4 Å². The fourth-order valence-electron chi connectivity index (χ4n) is 2.66. The predicted molar refractivity (Wildman–Crippen MR) is 93.5 cm³/mol. The average Bonchev–Trinajstić information content (AvgIpc) is 3.00. The lowest BCUT2D eigenvalue weighted by atomic mass is 9.86. The number of carbonyl (C=O) groups excluding carboxylic acids is 1. The summed E-state index contributed by atoms with van der Waals surface area (Å²) < 4.78 is 1.21. The van der Waals surface area contributed by atoms with Crippen molar-refractivity contribution in [3.05, 3.63) is 39.6 Å². The zero-order valence-corrected chi connectivity index (χ0v) is 14.2. The highest BCUT2D eigenvalue weighted by molar-refractivity contribution is 7.15. The van der Waals surface area contributed by atoms with Crippen LogP contribution in [0, 0.1) is 0 Å². The number of amides is 1. The third-order valence-electron chi connectivity index (χ3n) is 4.32. The second kappa shape index (κ2) is 6.67. The molecule has 0 atom stereocenters. The molecule has 1 saturated carbocycles. The number of aromatic nitrogens is 5. The van der Waals surface area contributed by atoms with Crippen molar-refractivity contribution in [1.29, 1.82) is 0 Å². The lowest BCUT2D eigenvalue weighted by Crippen LogP contribution is -2.26. The first-order chi connectivity index (χ1) is 12.2. The quantitative estimate of drug-likeness (QED) is 0.749. The fraction of sp³-hybridized carbons (Fsp3) is 0.375. The Morgan fingerprint density at radius 2 is 2.08 bits per heavy atom. The van der Waals surface area contributed by atoms with Gasteiger partial charge in [0.2, 0.25) is 11.0 Å². The summed E-state index contributed by atoms with van der Waals surface area (Å²) in [5, 5.41) is 20.7. The van der Waals surface area contributed by atoms with E-state index in [2.05, 4.69) is 25.8 Å². The maximum absolute atomic E-state index is 12.3. The van der Waals surface area contributed by atoms with Crippen LogP contribution >= 0.6 is 11.3 Å². The monoisotopic (exact) mass is 356 g/mol. The van der Waals surface area contributed by atoms with Crippen LogP contribution in [0.25, 0.3) is 10.9 Å². The van der Waals surface area contributed by atoms with Crippen molar-refractivity contribution in [2.75, 3.05) is 5.32 Å². The maximum atomic E-state index is 12.3. The number of rotatable bonds is 5. The molecule has 1 amide bonds. The number of nitrogens with one attached hydrogen (secondary N) is 1. The van der Waals surface area contributed by atoms with E-state index in [9.17, 15) is 9.59 Å². The molecule has 0 bridgehead atoms. The number of benzene rings is 1. The molecule has 1 N–H and O–H groups in total. The molecular weight excluding hydrogens is 340 g/mol. The smallest absolute Gasteiger partial charge is 0.277 e. The first kappa shape index (κ1) is 15.8. The minimum absolute atomic E-state index is 0.116. The van der Waals surface area contributed by atoms with Crippen LogP contribution in [0.2, 0.25) is 0 Å². The molecule has 0 radical (unpaired) electrons. The second-order valence-corrected chi connectivity index (χ2v) is 7.02. The van der Waals surface area contributed by atoms with Gasteiger partial charge in [0.05, 0.1) is 11.9 Å². The van der Waals surface area contributed by atoms with E-state index < -0.39 is 0 Å².